The number of thioether (sulfide) groups is 1. The number of rotatable bonds is 8. The van der Waals surface area contributed by atoms with Gasteiger partial charge in [-0.05, 0) is 79.6 Å². The van der Waals surface area contributed by atoms with Crippen molar-refractivity contribution >= 4 is 60.8 Å². The number of carboxylic acid groups (broad SMARTS) is 1. The molecule has 1 N–H and O–H groups in total. The van der Waals surface area contributed by atoms with Gasteiger partial charge in [-0.3, -0.25) is 0 Å². The Labute approximate surface area is 206 Å². The highest BCUT2D eigenvalue weighted by atomic mass is 35.5. The van der Waals surface area contributed by atoms with Gasteiger partial charge in [-0.25, -0.2) is 13.2 Å². The van der Waals surface area contributed by atoms with E-state index < -0.39 is 16.0 Å². The summed E-state index contributed by atoms with van der Waals surface area (Å²) in [6.45, 7) is 3.84. The topological polar surface area (TPSA) is 83.9 Å². The monoisotopic (exact) mass is 525 g/mol. The zero-order chi connectivity index (χ0) is 23.8. The molecule has 0 radical (unpaired) electrons. The summed E-state index contributed by atoms with van der Waals surface area (Å²) in [5.74, 6) is 0.156. The third kappa shape index (κ3) is 5.17. The van der Waals surface area contributed by atoms with Crippen LogP contribution in [0.1, 0.15) is 24.0 Å². The molecule has 1 saturated heterocycles. The van der Waals surface area contributed by atoms with Crippen LogP contribution >= 0.6 is 34.7 Å². The molecule has 176 valence electrons. The van der Waals surface area contributed by atoms with Crippen LogP contribution < -0.4 is 4.74 Å². The molecule has 0 amide bonds. The summed E-state index contributed by atoms with van der Waals surface area (Å²) in [4.78, 5) is 11.7. The van der Waals surface area contributed by atoms with Crippen LogP contribution in [0.4, 0.5) is 0 Å². The zero-order valence-corrected chi connectivity index (χ0v) is 21.4. The maximum Gasteiger partial charge on any atom is 0.341 e. The second-order valence-corrected chi connectivity index (χ2v) is 12.7. The Balaban J connectivity index is 1.50. The first-order valence-electron chi connectivity index (χ1n) is 10.5. The predicted molar refractivity (Wildman–Crippen MR) is 134 cm³/mol. The van der Waals surface area contributed by atoms with Crippen molar-refractivity contribution in [3.05, 3.63) is 52.5 Å². The number of hydrogen-bond acceptors (Lipinski definition) is 6. The number of aliphatic carboxylic acids is 1. The summed E-state index contributed by atoms with van der Waals surface area (Å²) in [6.07, 6.45) is 1.65. The Morgan fingerprint density at radius 3 is 2.79 bits per heavy atom. The fraction of sp³-hybridized carbons (Fsp3) is 0.348. The largest absolute Gasteiger partial charge is 0.482 e. The molecule has 6 nitrogen and oxygen atoms in total. The van der Waals surface area contributed by atoms with E-state index in [1.165, 1.54) is 11.3 Å². The lowest BCUT2D eigenvalue weighted by Gasteiger charge is -2.23. The van der Waals surface area contributed by atoms with Gasteiger partial charge in [0.05, 0.1) is 0 Å². The summed E-state index contributed by atoms with van der Waals surface area (Å²) in [5, 5.41) is 10.3. The van der Waals surface area contributed by atoms with E-state index >= 15 is 0 Å². The SMILES string of the molecule is Cc1cc(SC[C@@H]2CCCN2S(=O)(=O)c2sc3ccc(Cl)cc3c2C)ccc1OCC(=O)O. The summed E-state index contributed by atoms with van der Waals surface area (Å²) in [6, 6.07) is 11.0. The molecule has 3 aromatic rings. The second-order valence-electron chi connectivity index (χ2n) is 7.99. The molecule has 2 heterocycles. The number of fused-ring (bicyclic) bond motifs is 1. The maximum atomic E-state index is 13.6. The Morgan fingerprint density at radius 1 is 1.27 bits per heavy atom. The van der Waals surface area contributed by atoms with E-state index in [4.69, 9.17) is 21.4 Å². The summed E-state index contributed by atoms with van der Waals surface area (Å²) in [5.41, 5.74) is 1.60. The first-order chi connectivity index (χ1) is 15.7. The van der Waals surface area contributed by atoms with Gasteiger partial charge in [-0.2, -0.15) is 4.31 Å². The Morgan fingerprint density at radius 2 is 2.06 bits per heavy atom. The lowest BCUT2D eigenvalue weighted by molar-refractivity contribution is -0.139. The van der Waals surface area contributed by atoms with Gasteiger partial charge in [0, 0.05) is 33.0 Å². The molecule has 1 aliphatic heterocycles. The van der Waals surface area contributed by atoms with Gasteiger partial charge in [-0.1, -0.05) is 11.6 Å². The van der Waals surface area contributed by atoms with Gasteiger partial charge in [-0.15, -0.1) is 23.1 Å². The van der Waals surface area contributed by atoms with E-state index in [0.717, 1.165) is 39.0 Å². The van der Waals surface area contributed by atoms with Crippen LogP contribution in [-0.4, -0.2) is 48.7 Å². The number of aryl methyl sites for hydroxylation is 2. The van der Waals surface area contributed by atoms with E-state index in [2.05, 4.69) is 0 Å². The Kier molecular flexibility index (Phi) is 7.26. The highest BCUT2D eigenvalue weighted by Gasteiger charge is 2.37. The van der Waals surface area contributed by atoms with Crippen molar-refractivity contribution in [1.29, 1.82) is 0 Å². The van der Waals surface area contributed by atoms with Crippen molar-refractivity contribution < 1.29 is 23.1 Å². The number of thiophene rings is 1. The van der Waals surface area contributed by atoms with E-state index in [-0.39, 0.29) is 12.6 Å². The average Bonchev–Trinajstić information content (AvgIpc) is 3.37. The second kappa shape index (κ2) is 9.84. The van der Waals surface area contributed by atoms with Gasteiger partial charge >= 0.3 is 5.97 Å². The Hall–Kier alpha value is -1.78. The highest BCUT2D eigenvalue weighted by Crippen LogP contribution is 2.39. The van der Waals surface area contributed by atoms with E-state index in [9.17, 15) is 13.2 Å². The van der Waals surface area contributed by atoms with Crippen molar-refractivity contribution in [2.24, 2.45) is 0 Å². The number of halogens is 1. The van der Waals surface area contributed by atoms with E-state index in [1.54, 1.807) is 28.2 Å². The van der Waals surface area contributed by atoms with Gasteiger partial charge in [0.15, 0.2) is 6.61 Å². The maximum absolute atomic E-state index is 13.6. The standard InChI is InChI=1S/C23H24ClNO5S3/c1-14-10-18(6-7-20(14)30-12-22(26)27)31-13-17-4-3-9-25(17)33(28,29)23-15(2)19-11-16(24)5-8-21(19)32-23/h5-8,10-11,17H,3-4,9,12-13H2,1-2H3,(H,26,27)/t17-/m0/s1. The number of sulfonamides is 1. The minimum atomic E-state index is -3.61. The normalized spacial score (nSPS) is 17.0. The molecule has 0 unspecified atom stereocenters. The van der Waals surface area contributed by atoms with Crippen LogP contribution in [0.15, 0.2) is 45.5 Å². The molecule has 1 aromatic heterocycles. The van der Waals surface area contributed by atoms with Crippen molar-refractivity contribution in [1.82, 2.24) is 4.31 Å². The quantitative estimate of drug-likeness (QED) is 0.386. The van der Waals surface area contributed by atoms with Crippen molar-refractivity contribution in [2.75, 3.05) is 18.9 Å². The molecule has 2 aromatic carbocycles. The molecular formula is C23H24ClNO5S3. The number of benzene rings is 2. The smallest absolute Gasteiger partial charge is 0.341 e. The molecule has 0 aliphatic carbocycles. The molecule has 33 heavy (non-hydrogen) atoms. The number of ether oxygens (including phenoxy) is 1. The number of carbonyl (C=O) groups is 1. The van der Waals surface area contributed by atoms with Crippen LogP contribution in [0.25, 0.3) is 10.1 Å². The molecular weight excluding hydrogens is 502 g/mol. The van der Waals surface area contributed by atoms with Crippen LogP contribution in [0, 0.1) is 13.8 Å². The van der Waals surface area contributed by atoms with Gasteiger partial charge in [0.25, 0.3) is 10.0 Å². The van der Waals surface area contributed by atoms with E-state index in [1.807, 2.05) is 38.1 Å². The molecule has 1 fully saturated rings. The van der Waals surface area contributed by atoms with Crippen LogP contribution in [0.3, 0.4) is 0 Å². The third-order valence-electron chi connectivity index (χ3n) is 5.66. The number of nitrogens with zero attached hydrogens (tertiary/aromatic N) is 1. The zero-order valence-electron chi connectivity index (χ0n) is 18.2. The van der Waals surface area contributed by atoms with Gasteiger partial charge in [0.1, 0.15) is 9.96 Å². The van der Waals surface area contributed by atoms with Crippen LogP contribution in [0.5, 0.6) is 5.75 Å². The molecule has 4 rings (SSSR count). The molecule has 0 spiro atoms. The van der Waals surface area contributed by atoms with E-state index in [0.29, 0.717) is 27.3 Å². The molecule has 1 atom stereocenters. The Bertz CT molecular complexity index is 1300. The average molecular weight is 526 g/mol. The molecule has 0 saturated carbocycles. The van der Waals surface area contributed by atoms with Crippen molar-refractivity contribution in [2.45, 2.75) is 41.8 Å². The molecule has 10 heteroatoms. The number of carboxylic acids is 1. The van der Waals surface area contributed by atoms with Crippen molar-refractivity contribution in [3.63, 3.8) is 0 Å². The van der Waals surface area contributed by atoms with Crippen LogP contribution in [0.2, 0.25) is 5.02 Å². The van der Waals surface area contributed by atoms with Crippen molar-refractivity contribution in [3.8, 4) is 5.75 Å². The minimum absolute atomic E-state index is 0.0866. The lowest BCUT2D eigenvalue weighted by atomic mass is 10.2. The highest BCUT2D eigenvalue weighted by molar-refractivity contribution is 7.99. The third-order valence-corrected chi connectivity index (χ3v) is 10.9. The first-order valence-corrected chi connectivity index (χ1v) is 14.1. The summed E-state index contributed by atoms with van der Waals surface area (Å²) in [7, 11) is -3.61. The molecule has 0 bridgehead atoms. The first kappa shape index (κ1) is 24.3. The van der Waals surface area contributed by atoms with Crippen LogP contribution in [-0.2, 0) is 14.8 Å². The fourth-order valence-electron chi connectivity index (χ4n) is 4.02. The summed E-state index contributed by atoms with van der Waals surface area (Å²) >= 11 is 9.03. The minimum Gasteiger partial charge on any atom is -0.482 e. The molecule has 1 aliphatic rings. The predicted octanol–water partition coefficient (Wildman–Crippen LogP) is 5.58. The van der Waals surface area contributed by atoms with Gasteiger partial charge < -0.3 is 9.84 Å². The lowest BCUT2D eigenvalue weighted by Crippen LogP contribution is -2.36. The van der Waals surface area contributed by atoms with Gasteiger partial charge in [0.2, 0.25) is 0 Å². The number of hydrogen-bond donors (Lipinski definition) is 1. The fourth-order valence-corrected chi connectivity index (χ4v) is 8.99. The summed E-state index contributed by atoms with van der Waals surface area (Å²) < 4.78 is 35.4.